The largest absolute Gasteiger partial charge is 0.471 e. The van der Waals surface area contributed by atoms with Gasteiger partial charge in [-0.05, 0) is 0 Å². The van der Waals surface area contributed by atoms with E-state index in [9.17, 15) is 31.1 Å². The van der Waals surface area contributed by atoms with Crippen LogP contribution in [0.25, 0.3) is 0 Å². The highest BCUT2D eigenvalue weighted by Crippen LogP contribution is 2.17. The van der Waals surface area contributed by atoms with Crippen molar-refractivity contribution in [2.45, 2.75) is 18.6 Å². The molecule has 0 aromatic rings. The number of carbonyl (C=O) groups is 1. The predicted molar refractivity (Wildman–Crippen MR) is 64.9 cm³/mol. The fourth-order valence-electron chi connectivity index (χ4n) is 1.20. The smallest absolute Gasteiger partial charge is 0.370 e. The van der Waals surface area contributed by atoms with Crippen molar-refractivity contribution in [3.05, 3.63) is 0 Å². The highest BCUT2D eigenvalue weighted by atomic mass is 19.4. The van der Waals surface area contributed by atoms with E-state index in [1.807, 2.05) is 5.32 Å². The lowest BCUT2D eigenvalue weighted by molar-refractivity contribution is -0.213. The van der Waals surface area contributed by atoms with Crippen LogP contribution in [0.5, 0.6) is 0 Å². The first-order valence-electron chi connectivity index (χ1n) is 6.29. The zero-order chi connectivity index (χ0) is 17.2. The van der Waals surface area contributed by atoms with E-state index in [1.54, 1.807) is 5.32 Å². The quantitative estimate of drug-likeness (QED) is 0.207. The van der Waals surface area contributed by atoms with Crippen LogP contribution in [0.15, 0.2) is 0 Å². The summed E-state index contributed by atoms with van der Waals surface area (Å²) >= 11 is 0. The van der Waals surface area contributed by atoms with Crippen molar-refractivity contribution in [1.29, 1.82) is 0 Å². The molecule has 0 aromatic carbocycles. The number of hydrogen-bond acceptors (Lipinski definition) is 5. The second-order valence-electron chi connectivity index (χ2n) is 4.15. The summed E-state index contributed by atoms with van der Waals surface area (Å²) in [6, 6.07) is 0. The molecule has 0 rings (SSSR count). The summed E-state index contributed by atoms with van der Waals surface area (Å²) in [7, 11) is 0. The van der Waals surface area contributed by atoms with E-state index in [0.29, 0.717) is 13.1 Å². The fourth-order valence-corrected chi connectivity index (χ4v) is 1.20. The summed E-state index contributed by atoms with van der Waals surface area (Å²) in [5, 5.41) is 17.6. The Morgan fingerprint density at radius 2 is 1.32 bits per heavy atom. The molecule has 0 saturated carbocycles. The first kappa shape index (κ1) is 20.9. The number of hydrogen-bond donors (Lipinski definition) is 5. The molecule has 1 amide bonds. The molecule has 0 radical (unpaired) electrons. The summed E-state index contributed by atoms with van der Waals surface area (Å²) < 4.78 is 71.0. The molecule has 0 bridgehead atoms. The van der Waals surface area contributed by atoms with Crippen molar-refractivity contribution in [2.24, 2.45) is 0 Å². The number of aliphatic hydroxyl groups is 1. The number of halogens is 6. The van der Waals surface area contributed by atoms with Gasteiger partial charge in [0, 0.05) is 39.3 Å². The monoisotopic (exact) mass is 340 g/mol. The van der Waals surface area contributed by atoms with Crippen LogP contribution in [0.1, 0.15) is 0 Å². The van der Waals surface area contributed by atoms with Gasteiger partial charge in [-0.15, -0.1) is 0 Å². The average Bonchev–Trinajstić information content (AvgIpc) is 2.38. The second kappa shape index (κ2) is 9.82. The topological polar surface area (TPSA) is 85.4 Å². The zero-order valence-electron chi connectivity index (χ0n) is 11.4. The van der Waals surface area contributed by atoms with Crippen molar-refractivity contribution in [2.75, 3.05) is 39.3 Å². The molecule has 6 nitrogen and oxygen atoms in total. The van der Waals surface area contributed by atoms with Crippen LogP contribution in [0.3, 0.4) is 0 Å². The Hall–Kier alpha value is -1.11. The van der Waals surface area contributed by atoms with E-state index >= 15 is 0 Å². The fraction of sp³-hybridized carbons (Fsp3) is 0.900. The van der Waals surface area contributed by atoms with Gasteiger partial charge in [-0.2, -0.15) is 26.3 Å². The maximum atomic E-state index is 11.9. The third-order valence-corrected chi connectivity index (χ3v) is 2.27. The molecular weight excluding hydrogens is 322 g/mol. The van der Waals surface area contributed by atoms with Crippen molar-refractivity contribution >= 4 is 5.91 Å². The van der Waals surface area contributed by atoms with Crippen molar-refractivity contribution in [3.63, 3.8) is 0 Å². The highest BCUT2D eigenvalue weighted by molar-refractivity contribution is 5.81. The van der Waals surface area contributed by atoms with Gasteiger partial charge in [-0.3, -0.25) is 10.1 Å². The van der Waals surface area contributed by atoms with E-state index in [-0.39, 0.29) is 26.2 Å². The SMILES string of the molecule is O=C(NCCNCCNCCNC(O)C(F)(F)F)C(F)(F)F. The van der Waals surface area contributed by atoms with E-state index in [0.717, 1.165) is 0 Å². The lowest BCUT2D eigenvalue weighted by Crippen LogP contribution is -2.45. The molecule has 0 saturated heterocycles. The van der Waals surface area contributed by atoms with Gasteiger partial charge in [0.25, 0.3) is 0 Å². The van der Waals surface area contributed by atoms with Crippen LogP contribution >= 0.6 is 0 Å². The summed E-state index contributed by atoms with van der Waals surface area (Å²) in [6.45, 7) is 0.689. The minimum atomic E-state index is -4.91. The number of nitrogens with one attached hydrogen (secondary N) is 4. The Morgan fingerprint density at radius 3 is 1.77 bits per heavy atom. The lowest BCUT2D eigenvalue weighted by Gasteiger charge is -2.16. The molecule has 0 aromatic heterocycles. The third kappa shape index (κ3) is 10.6. The van der Waals surface area contributed by atoms with Gasteiger partial charge in [0.2, 0.25) is 6.23 Å². The second-order valence-corrected chi connectivity index (χ2v) is 4.15. The summed E-state index contributed by atoms with van der Waals surface area (Å²) in [5.41, 5.74) is 0. The van der Waals surface area contributed by atoms with Gasteiger partial charge in [0.05, 0.1) is 0 Å². The van der Waals surface area contributed by atoms with Crippen LogP contribution in [0, 0.1) is 0 Å². The summed E-state index contributed by atoms with van der Waals surface area (Å²) in [6.07, 6.45) is -12.2. The van der Waals surface area contributed by atoms with Crippen LogP contribution in [0.4, 0.5) is 26.3 Å². The maximum absolute atomic E-state index is 11.9. The number of alkyl halides is 6. The first-order valence-corrected chi connectivity index (χ1v) is 6.29. The minimum Gasteiger partial charge on any atom is -0.370 e. The third-order valence-electron chi connectivity index (χ3n) is 2.27. The number of amides is 1. The number of rotatable bonds is 10. The van der Waals surface area contributed by atoms with Gasteiger partial charge in [0.15, 0.2) is 0 Å². The molecule has 0 heterocycles. The molecule has 5 N–H and O–H groups in total. The minimum absolute atomic E-state index is 0.109. The molecule has 0 aliphatic rings. The summed E-state index contributed by atoms with van der Waals surface area (Å²) in [4.78, 5) is 10.4. The molecule has 22 heavy (non-hydrogen) atoms. The highest BCUT2D eigenvalue weighted by Gasteiger charge is 2.38. The Morgan fingerprint density at radius 1 is 0.864 bits per heavy atom. The Kier molecular flexibility index (Phi) is 9.32. The lowest BCUT2D eigenvalue weighted by atomic mass is 10.5. The molecule has 12 heteroatoms. The van der Waals surface area contributed by atoms with Crippen molar-refractivity contribution in [1.82, 2.24) is 21.3 Å². The summed E-state index contributed by atoms with van der Waals surface area (Å²) in [5.74, 6) is -2.01. The molecule has 0 fully saturated rings. The van der Waals surface area contributed by atoms with Crippen molar-refractivity contribution in [3.8, 4) is 0 Å². The molecule has 1 unspecified atom stereocenters. The Balaban J connectivity index is 3.37. The van der Waals surface area contributed by atoms with E-state index in [1.165, 1.54) is 0 Å². The van der Waals surface area contributed by atoms with E-state index < -0.39 is 24.5 Å². The standard InChI is InChI=1S/C10H18F6N4O2/c11-9(12,13)7(21)19-5-3-17-1-2-18-4-6-20-8(22)10(14,15)16/h7,17-19,21H,1-6H2,(H,20,22). The van der Waals surface area contributed by atoms with Gasteiger partial charge >= 0.3 is 18.3 Å². The number of carbonyl (C=O) groups excluding carboxylic acids is 1. The maximum Gasteiger partial charge on any atom is 0.471 e. The van der Waals surface area contributed by atoms with Gasteiger partial charge < -0.3 is 21.1 Å². The van der Waals surface area contributed by atoms with E-state index in [4.69, 9.17) is 5.11 Å². The molecule has 1 atom stereocenters. The zero-order valence-corrected chi connectivity index (χ0v) is 11.4. The Bertz CT molecular complexity index is 324. The average molecular weight is 340 g/mol. The molecular formula is C10H18F6N4O2. The van der Waals surface area contributed by atoms with Crippen LogP contribution in [-0.2, 0) is 4.79 Å². The van der Waals surface area contributed by atoms with Gasteiger partial charge in [0.1, 0.15) is 0 Å². The predicted octanol–water partition coefficient (Wildman–Crippen LogP) is -0.686. The van der Waals surface area contributed by atoms with Crippen LogP contribution < -0.4 is 21.3 Å². The van der Waals surface area contributed by atoms with Crippen LogP contribution in [-0.4, -0.2) is 68.9 Å². The Labute approximate surface area is 122 Å². The molecule has 0 aliphatic heterocycles. The van der Waals surface area contributed by atoms with Crippen molar-refractivity contribution < 1.29 is 36.2 Å². The first-order chi connectivity index (χ1) is 10.0. The van der Waals surface area contributed by atoms with Gasteiger partial charge in [-0.25, -0.2) is 0 Å². The van der Waals surface area contributed by atoms with Gasteiger partial charge in [-0.1, -0.05) is 0 Å². The normalized spacial score (nSPS) is 14.0. The van der Waals surface area contributed by atoms with E-state index in [2.05, 4.69) is 10.6 Å². The molecule has 0 spiro atoms. The molecule has 0 aliphatic carbocycles. The van der Waals surface area contributed by atoms with Crippen LogP contribution in [0.2, 0.25) is 0 Å². The molecule has 132 valence electrons. The number of aliphatic hydroxyl groups excluding tert-OH is 1.